The van der Waals surface area contributed by atoms with E-state index < -0.39 is 23.5 Å². The first-order valence-corrected chi connectivity index (χ1v) is 5.43. The first kappa shape index (κ1) is 13.6. The Balaban J connectivity index is 2.30. The number of pyridine rings is 1. The van der Waals surface area contributed by atoms with E-state index in [2.05, 4.69) is 10.3 Å². The third-order valence-corrected chi connectivity index (χ3v) is 2.39. The monoisotopic (exact) mass is 278 g/mol. The van der Waals surface area contributed by atoms with Gasteiger partial charge in [0.05, 0.1) is 0 Å². The van der Waals surface area contributed by atoms with E-state index in [1.807, 2.05) is 0 Å². The van der Waals surface area contributed by atoms with Crippen LogP contribution >= 0.6 is 0 Å². The number of nitrogens with zero attached hydrogens (tertiary/aromatic N) is 1. The molecule has 2 N–H and O–H groups in total. The smallest absolute Gasteiger partial charge is 0.339 e. The van der Waals surface area contributed by atoms with E-state index >= 15 is 0 Å². The number of benzene rings is 1. The summed E-state index contributed by atoms with van der Waals surface area (Å²) in [5, 5.41) is 11.1. The molecule has 0 radical (unpaired) electrons. The lowest BCUT2D eigenvalue weighted by molar-refractivity contribution is 0.0697. The van der Waals surface area contributed by atoms with Crippen LogP contribution in [0.2, 0.25) is 0 Å². The van der Waals surface area contributed by atoms with Crippen molar-refractivity contribution in [2.45, 2.75) is 0 Å². The van der Waals surface area contributed by atoms with Gasteiger partial charge in [0.1, 0.15) is 23.0 Å². The van der Waals surface area contributed by atoms with Crippen molar-refractivity contribution in [1.29, 1.82) is 0 Å². The van der Waals surface area contributed by atoms with Crippen LogP contribution in [0, 0.1) is 11.6 Å². The Hall–Kier alpha value is -2.83. The first-order valence-electron chi connectivity index (χ1n) is 5.43. The number of hydrogen-bond acceptors (Lipinski definition) is 3. The minimum absolute atomic E-state index is 0.199. The van der Waals surface area contributed by atoms with Crippen molar-refractivity contribution in [3.05, 3.63) is 59.3 Å². The van der Waals surface area contributed by atoms with Crippen LogP contribution in [0.4, 0.5) is 14.6 Å². The Morgan fingerprint density at radius 1 is 1.15 bits per heavy atom. The summed E-state index contributed by atoms with van der Waals surface area (Å²) in [4.78, 5) is 26.5. The molecule has 1 heterocycles. The molecule has 0 bridgehead atoms. The molecule has 0 unspecified atom stereocenters. The summed E-state index contributed by atoms with van der Waals surface area (Å²) in [6.07, 6.45) is 1.29. The molecule has 2 rings (SSSR count). The van der Waals surface area contributed by atoms with E-state index in [0.717, 1.165) is 12.1 Å². The Morgan fingerprint density at radius 3 is 2.40 bits per heavy atom. The third kappa shape index (κ3) is 2.94. The Bertz CT molecular complexity index is 669. The maximum atomic E-state index is 13.0. The molecule has 5 nitrogen and oxygen atoms in total. The Morgan fingerprint density at radius 2 is 1.80 bits per heavy atom. The van der Waals surface area contributed by atoms with Crippen LogP contribution < -0.4 is 5.32 Å². The van der Waals surface area contributed by atoms with Gasteiger partial charge in [0, 0.05) is 17.8 Å². The molecule has 2 aromatic rings. The average molecular weight is 278 g/mol. The fourth-order valence-electron chi connectivity index (χ4n) is 1.54. The van der Waals surface area contributed by atoms with Gasteiger partial charge in [-0.25, -0.2) is 18.6 Å². The molecule has 0 saturated carbocycles. The number of rotatable bonds is 3. The van der Waals surface area contributed by atoms with Crippen LogP contribution in [0.1, 0.15) is 20.7 Å². The van der Waals surface area contributed by atoms with Gasteiger partial charge in [-0.1, -0.05) is 0 Å². The second kappa shape index (κ2) is 5.43. The van der Waals surface area contributed by atoms with Crippen molar-refractivity contribution in [2.24, 2.45) is 0 Å². The highest BCUT2D eigenvalue weighted by Crippen LogP contribution is 2.14. The van der Waals surface area contributed by atoms with Gasteiger partial charge in [0.2, 0.25) is 0 Å². The van der Waals surface area contributed by atoms with Crippen molar-refractivity contribution in [1.82, 2.24) is 4.98 Å². The summed E-state index contributed by atoms with van der Waals surface area (Å²) >= 11 is 0. The van der Waals surface area contributed by atoms with Crippen molar-refractivity contribution in [2.75, 3.05) is 5.32 Å². The van der Waals surface area contributed by atoms with E-state index in [9.17, 15) is 18.4 Å². The second-order valence-corrected chi connectivity index (χ2v) is 3.82. The summed E-state index contributed by atoms with van der Waals surface area (Å²) in [6, 6.07) is 4.93. The topological polar surface area (TPSA) is 79.3 Å². The molecular formula is C13H8F2N2O3. The van der Waals surface area contributed by atoms with Gasteiger partial charge in [-0.2, -0.15) is 0 Å². The normalized spacial score (nSPS) is 10.1. The van der Waals surface area contributed by atoms with Gasteiger partial charge in [-0.3, -0.25) is 4.79 Å². The van der Waals surface area contributed by atoms with E-state index in [1.54, 1.807) is 0 Å². The van der Waals surface area contributed by atoms with Crippen LogP contribution in [0.3, 0.4) is 0 Å². The quantitative estimate of drug-likeness (QED) is 0.903. The highest BCUT2D eigenvalue weighted by Gasteiger charge is 2.15. The zero-order chi connectivity index (χ0) is 14.7. The maximum Gasteiger partial charge on any atom is 0.339 e. The molecular weight excluding hydrogens is 270 g/mol. The van der Waals surface area contributed by atoms with Gasteiger partial charge in [-0.05, 0) is 24.3 Å². The fourth-order valence-corrected chi connectivity index (χ4v) is 1.54. The van der Waals surface area contributed by atoms with E-state index in [1.165, 1.54) is 18.3 Å². The number of carboxylic acids is 1. The second-order valence-electron chi connectivity index (χ2n) is 3.82. The summed E-state index contributed by atoms with van der Waals surface area (Å²) < 4.78 is 26.0. The fraction of sp³-hybridized carbons (Fsp3) is 0. The molecule has 1 aromatic carbocycles. The number of nitrogens with one attached hydrogen (secondary N) is 1. The molecule has 0 spiro atoms. The third-order valence-electron chi connectivity index (χ3n) is 2.39. The van der Waals surface area contributed by atoms with Crippen molar-refractivity contribution < 1.29 is 23.5 Å². The lowest BCUT2D eigenvalue weighted by atomic mass is 10.2. The summed E-state index contributed by atoms with van der Waals surface area (Å²) in [7, 11) is 0. The number of aromatic nitrogens is 1. The minimum Gasteiger partial charge on any atom is -0.478 e. The van der Waals surface area contributed by atoms with Crippen LogP contribution in [0.25, 0.3) is 0 Å². The maximum absolute atomic E-state index is 13.0. The molecule has 0 fully saturated rings. The SMILES string of the molecule is O=C(Nc1ncccc1C(=O)O)c1cc(F)cc(F)c1. The first-order chi connectivity index (χ1) is 9.47. The van der Waals surface area contributed by atoms with Crippen molar-refractivity contribution >= 4 is 17.7 Å². The predicted octanol–water partition coefficient (Wildman–Crippen LogP) is 2.31. The number of amides is 1. The highest BCUT2D eigenvalue weighted by atomic mass is 19.1. The average Bonchev–Trinajstić information content (AvgIpc) is 2.37. The number of carbonyl (C=O) groups excluding carboxylic acids is 1. The summed E-state index contributed by atoms with van der Waals surface area (Å²) in [6.45, 7) is 0. The Labute approximate surface area is 111 Å². The van der Waals surface area contributed by atoms with E-state index in [-0.39, 0.29) is 16.9 Å². The molecule has 1 aromatic heterocycles. The van der Waals surface area contributed by atoms with Gasteiger partial charge >= 0.3 is 5.97 Å². The lowest BCUT2D eigenvalue weighted by Gasteiger charge is -2.07. The number of carboxylic acid groups (broad SMARTS) is 1. The van der Waals surface area contributed by atoms with Crippen LogP contribution in [-0.2, 0) is 0 Å². The number of carbonyl (C=O) groups is 2. The lowest BCUT2D eigenvalue weighted by Crippen LogP contribution is -2.16. The van der Waals surface area contributed by atoms with Crippen LogP contribution in [-0.4, -0.2) is 22.0 Å². The zero-order valence-corrected chi connectivity index (χ0v) is 9.93. The molecule has 0 aliphatic carbocycles. The van der Waals surface area contributed by atoms with Crippen molar-refractivity contribution in [3.63, 3.8) is 0 Å². The molecule has 0 aliphatic rings. The number of anilines is 1. The molecule has 0 atom stereocenters. The zero-order valence-electron chi connectivity index (χ0n) is 9.93. The molecule has 0 saturated heterocycles. The van der Waals surface area contributed by atoms with E-state index in [4.69, 9.17) is 5.11 Å². The molecule has 0 aliphatic heterocycles. The van der Waals surface area contributed by atoms with Crippen molar-refractivity contribution in [3.8, 4) is 0 Å². The van der Waals surface area contributed by atoms with Gasteiger partial charge < -0.3 is 10.4 Å². The molecule has 1 amide bonds. The van der Waals surface area contributed by atoms with Gasteiger partial charge in [0.25, 0.3) is 5.91 Å². The molecule has 20 heavy (non-hydrogen) atoms. The predicted molar refractivity (Wildman–Crippen MR) is 65.5 cm³/mol. The standard InChI is InChI=1S/C13H8F2N2O3/c14-8-4-7(5-9(15)6-8)12(18)17-11-10(13(19)20)2-1-3-16-11/h1-6H,(H,19,20)(H,16,17,18). The highest BCUT2D eigenvalue weighted by molar-refractivity contribution is 6.06. The van der Waals surface area contributed by atoms with Gasteiger partial charge in [0.15, 0.2) is 0 Å². The number of aromatic carboxylic acids is 1. The molecule has 7 heteroatoms. The van der Waals surface area contributed by atoms with Gasteiger partial charge in [-0.15, -0.1) is 0 Å². The summed E-state index contributed by atoms with van der Waals surface area (Å²) in [5.74, 6) is -4.15. The number of hydrogen-bond donors (Lipinski definition) is 2. The number of halogens is 2. The Kier molecular flexibility index (Phi) is 3.69. The van der Waals surface area contributed by atoms with E-state index in [0.29, 0.717) is 6.07 Å². The molecule has 102 valence electrons. The minimum atomic E-state index is -1.28. The van der Waals surface area contributed by atoms with Crippen LogP contribution in [0.15, 0.2) is 36.5 Å². The van der Waals surface area contributed by atoms with Crippen LogP contribution in [0.5, 0.6) is 0 Å². The summed E-state index contributed by atoms with van der Waals surface area (Å²) in [5.41, 5.74) is -0.498. The largest absolute Gasteiger partial charge is 0.478 e.